The molecule has 0 N–H and O–H groups in total. The number of aromatic nitrogens is 2. The number of carbonyl (C=O) groups excluding carboxylic acids is 2. The van der Waals surface area contributed by atoms with Gasteiger partial charge in [-0.3, -0.25) is 9.59 Å². The molecular weight excluding hydrogens is 424 g/mol. The summed E-state index contributed by atoms with van der Waals surface area (Å²) in [6.45, 7) is 3.42. The van der Waals surface area contributed by atoms with Gasteiger partial charge in [-0.05, 0) is 31.2 Å². The molecule has 1 aromatic carbocycles. The molecule has 2 fully saturated rings. The number of anilines is 1. The third kappa shape index (κ3) is 4.01. The highest BCUT2D eigenvalue weighted by atomic mass is 79.9. The van der Waals surface area contributed by atoms with Gasteiger partial charge in [0.1, 0.15) is 6.10 Å². The van der Waals surface area contributed by atoms with Gasteiger partial charge in [0.05, 0.1) is 18.2 Å². The monoisotopic (exact) mass is 444 g/mol. The number of hydrogen-bond donors (Lipinski definition) is 0. The van der Waals surface area contributed by atoms with Crippen molar-refractivity contribution in [1.29, 1.82) is 0 Å². The van der Waals surface area contributed by atoms with Crippen molar-refractivity contribution in [1.82, 2.24) is 15.1 Å². The van der Waals surface area contributed by atoms with Crippen LogP contribution in [-0.4, -0.2) is 52.6 Å². The zero-order valence-electron chi connectivity index (χ0n) is 15.5. The Hall–Kier alpha value is -2.48. The lowest BCUT2D eigenvalue weighted by Gasteiger charge is -2.21. The van der Waals surface area contributed by atoms with E-state index in [9.17, 15) is 9.59 Å². The van der Waals surface area contributed by atoms with Gasteiger partial charge in [-0.25, -0.2) is 0 Å². The van der Waals surface area contributed by atoms with Gasteiger partial charge in [-0.15, -0.1) is 5.10 Å². The Morgan fingerprint density at radius 2 is 2.07 bits per heavy atom. The molecule has 4 rings (SSSR count). The molecule has 2 unspecified atom stereocenters. The van der Waals surface area contributed by atoms with Crippen LogP contribution < -0.4 is 9.64 Å². The van der Waals surface area contributed by atoms with Crippen molar-refractivity contribution >= 4 is 33.4 Å². The fraction of sp³-hybridized carbons (Fsp3) is 0.400. The number of rotatable bonds is 4. The van der Waals surface area contributed by atoms with E-state index in [2.05, 4.69) is 26.1 Å². The largest absolute Gasteiger partial charge is 0.471 e. The highest BCUT2D eigenvalue weighted by Gasteiger charge is 2.39. The highest BCUT2D eigenvalue weighted by molar-refractivity contribution is 9.10. The third-order valence-electron chi connectivity index (χ3n) is 5.11. The van der Waals surface area contributed by atoms with Gasteiger partial charge >= 0.3 is 0 Å². The molecule has 28 heavy (non-hydrogen) atoms. The Kier molecular flexibility index (Phi) is 5.30. The second-order valence-corrected chi connectivity index (χ2v) is 8.13. The Balaban J connectivity index is 1.36. The number of hydrogen-bond acceptors (Lipinski definition) is 5. The fourth-order valence-electron chi connectivity index (χ4n) is 3.67. The Morgan fingerprint density at radius 3 is 2.82 bits per heavy atom. The first-order valence-electron chi connectivity index (χ1n) is 9.31. The van der Waals surface area contributed by atoms with Crippen molar-refractivity contribution in [2.45, 2.75) is 25.9 Å². The summed E-state index contributed by atoms with van der Waals surface area (Å²) in [5.74, 6) is 0.163. The number of nitrogens with zero attached hydrogens (tertiary/aromatic N) is 4. The number of likely N-dealkylation sites (tertiary alicyclic amines) is 1. The normalized spacial score (nSPS) is 22.0. The first-order valence-corrected chi connectivity index (χ1v) is 10.1. The van der Waals surface area contributed by atoms with Crippen LogP contribution in [0, 0.1) is 12.8 Å². The average Bonchev–Trinajstić information content (AvgIpc) is 3.30. The van der Waals surface area contributed by atoms with Gasteiger partial charge < -0.3 is 14.5 Å². The molecule has 0 spiro atoms. The van der Waals surface area contributed by atoms with E-state index in [-0.39, 0.29) is 30.3 Å². The van der Waals surface area contributed by atoms with Gasteiger partial charge in [-0.2, -0.15) is 5.10 Å². The van der Waals surface area contributed by atoms with Gasteiger partial charge in [0.2, 0.25) is 17.7 Å². The summed E-state index contributed by atoms with van der Waals surface area (Å²) in [5, 5.41) is 8.01. The number of halogens is 1. The molecule has 2 aliphatic heterocycles. The van der Waals surface area contributed by atoms with Gasteiger partial charge in [0.25, 0.3) is 0 Å². The first-order chi connectivity index (χ1) is 13.5. The van der Waals surface area contributed by atoms with Crippen molar-refractivity contribution < 1.29 is 14.3 Å². The van der Waals surface area contributed by atoms with Gasteiger partial charge in [-0.1, -0.05) is 22.0 Å². The van der Waals surface area contributed by atoms with Crippen LogP contribution in [0.1, 0.15) is 18.5 Å². The second kappa shape index (κ2) is 7.87. The molecule has 2 amide bonds. The lowest BCUT2D eigenvalue weighted by molar-refractivity contribution is -0.135. The minimum atomic E-state index is -0.315. The number of ether oxygens (including phenoxy) is 1. The van der Waals surface area contributed by atoms with E-state index >= 15 is 0 Å². The van der Waals surface area contributed by atoms with E-state index in [1.54, 1.807) is 15.9 Å². The van der Waals surface area contributed by atoms with E-state index in [4.69, 9.17) is 4.74 Å². The standard InChI is InChI=1S/C20H21BrN4O3/c1-13-5-6-18(23-22-13)28-17-7-8-24(12-17)20(27)14-9-19(26)25(11-14)16-4-2-3-15(21)10-16/h2-6,10,14,17H,7-9,11-12H2,1H3. The Bertz CT molecular complexity index is 889. The SMILES string of the molecule is Cc1ccc(OC2CCN(C(=O)C3CC(=O)N(c4cccc(Br)c4)C3)C2)nn1. The van der Waals surface area contributed by atoms with Crippen molar-refractivity contribution in [2.24, 2.45) is 5.92 Å². The van der Waals surface area contributed by atoms with Crippen molar-refractivity contribution in [3.8, 4) is 5.88 Å². The van der Waals surface area contributed by atoms with E-state index in [0.717, 1.165) is 22.3 Å². The lowest BCUT2D eigenvalue weighted by atomic mass is 10.1. The minimum absolute atomic E-state index is 0.0154. The molecule has 7 nitrogen and oxygen atoms in total. The summed E-state index contributed by atoms with van der Waals surface area (Å²) in [4.78, 5) is 28.9. The topological polar surface area (TPSA) is 75.6 Å². The zero-order valence-corrected chi connectivity index (χ0v) is 17.1. The molecule has 0 saturated carbocycles. The van der Waals surface area contributed by atoms with E-state index in [0.29, 0.717) is 25.5 Å². The molecular formula is C20H21BrN4O3. The predicted octanol–water partition coefficient (Wildman–Crippen LogP) is 2.58. The van der Waals surface area contributed by atoms with Crippen molar-refractivity contribution in [3.63, 3.8) is 0 Å². The molecule has 0 bridgehead atoms. The first kappa shape index (κ1) is 18.9. The quantitative estimate of drug-likeness (QED) is 0.724. The van der Waals surface area contributed by atoms with Crippen LogP contribution in [0.3, 0.4) is 0 Å². The van der Waals surface area contributed by atoms with Gasteiger partial charge in [0.15, 0.2) is 0 Å². The molecule has 2 aliphatic rings. The maximum Gasteiger partial charge on any atom is 0.233 e. The van der Waals surface area contributed by atoms with E-state index in [1.165, 1.54) is 0 Å². The van der Waals surface area contributed by atoms with Gasteiger partial charge in [0, 0.05) is 42.2 Å². The average molecular weight is 445 g/mol. The third-order valence-corrected chi connectivity index (χ3v) is 5.60. The highest BCUT2D eigenvalue weighted by Crippen LogP contribution is 2.29. The summed E-state index contributed by atoms with van der Waals surface area (Å²) < 4.78 is 6.76. The molecule has 2 atom stereocenters. The molecule has 146 valence electrons. The maximum atomic E-state index is 12.9. The maximum absolute atomic E-state index is 12.9. The molecule has 0 radical (unpaired) electrons. The Labute approximate surface area is 171 Å². The van der Waals surface area contributed by atoms with E-state index in [1.807, 2.05) is 37.3 Å². The van der Waals surface area contributed by atoms with E-state index < -0.39 is 0 Å². The summed E-state index contributed by atoms with van der Waals surface area (Å²) >= 11 is 3.43. The lowest BCUT2D eigenvalue weighted by Crippen LogP contribution is -2.37. The van der Waals surface area contributed by atoms with Crippen LogP contribution in [0.4, 0.5) is 5.69 Å². The summed E-state index contributed by atoms with van der Waals surface area (Å²) in [6.07, 6.45) is 0.896. The van der Waals surface area contributed by atoms with Crippen LogP contribution >= 0.6 is 15.9 Å². The summed E-state index contributed by atoms with van der Waals surface area (Å²) in [6, 6.07) is 11.2. The smallest absolute Gasteiger partial charge is 0.233 e. The molecule has 3 heterocycles. The molecule has 2 aromatic rings. The molecule has 1 aromatic heterocycles. The molecule has 0 aliphatic carbocycles. The summed E-state index contributed by atoms with van der Waals surface area (Å²) in [7, 11) is 0. The van der Waals surface area contributed by atoms with Crippen LogP contribution in [0.25, 0.3) is 0 Å². The zero-order chi connectivity index (χ0) is 19.7. The number of aryl methyl sites for hydroxylation is 1. The summed E-state index contributed by atoms with van der Waals surface area (Å²) in [5.41, 5.74) is 1.65. The Morgan fingerprint density at radius 1 is 1.21 bits per heavy atom. The van der Waals surface area contributed by atoms with Crippen LogP contribution in [0.15, 0.2) is 40.9 Å². The molecule has 2 saturated heterocycles. The number of carbonyl (C=O) groups is 2. The minimum Gasteiger partial charge on any atom is -0.471 e. The predicted molar refractivity (Wildman–Crippen MR) is 107 cm³/mol. The van der Waals surface area contributed by atoms with Crippen LogP contribution in [0.5, 0.6) is 5.88 Å². The number of benzene rings is 1. The van der Waals surface area contributed by atoms with Crippen molar-refractivity contribution in [3.05, 3.63) is 46.6 Å². The van der Waals surface area contributed by atoms with Crippen LogP contribution in [0.2, 0.25) is 0 Å². The number of amides is 2. The second-order valence-electron chi connectivity index (χ2n) is 7.21. The van der Waals surface area contributed by atoms with Crippen LogP contribution in [-0.2, 0) is 9.59 Å². The van der Waals surface area contributed by atoms with Crippen molar-refractivity contribution in [2.75, 3.05) is 24.5 Å². The molecule has 8 heteroatoms. The fourth-order valence-corrected chi connectivity index (χ4v) is 4.06.